The van der Waals surface area contributed by atoms with E-state index in [0.29, 0.717) is 11.5 Å². The minimum Gasteiger partial charge on any atom is -0.309 e. The number of hydrogen-bond donors (Lipinski definition) is 0. The van der Waals surface area contributed by atoms with Gasteiger partial charge in [0.15, 0.2) is 11.5 Å². The summed E-state index contributed by atoms with van der Waals surface area (Å²) in [6.07, 6.45) is 1.87. The Kier molecular flexibility index (Phi) is 6.76. The van der Waals surface area contributed by atoms with E-state index in [2.05, 4.69) is 129 Å². The van der Waals surface area contributed by atoms with E-state index in [1.165, 1.54) is 5.39 Å². The van der Waals surface area contributed by atoms with Gasteiger partial charge in [0.25, 0.3) is 0 Å². The van der Waals surface area contributed by atoms with Crippen LogP contribution in [0.4, 0.5) is 5.69 Å². The molecule has 0 unspecified atom stereocenters. The molecule has 242 valence electrons. The van der Waals surface area contributed by atoms with E-state index >= 15 is 0 Å². The fraction of sp³-hybridized carbons (Fsp3) is 0. The average molecular weight is 665 g/mol. The minimum absolute atomic E-state index is 0.576. The van der Waals surface area contributed by atoms with Gasteiger partial charge in [-0.2, -0.15) is 0 Å². The summed E-state index contributed by atoms with van der Waals surface area (Å²) in [6.45, 7) is 7.44. The monoisotopic (exact) mass is 664 g/mol. The van der Waals surface area contributed by atoms with Crippen molar-refractivity contribution >= 4 is 49.4 Å². The van der Waals surface area contributed by atoms with Crippen molar-refractivity contribution in [1.29, 1.82) is 0 Å². The van der Waals surface area contributed by atoms with Gasteiger partial charge < -0.3 is 4.57 Å². The predicted molar refractivity (Wildman–Crippen MR) is 211 cm³/mol. The molecule has 0 aliphatic carbocycles. The molecule has 0 aliphatic heterocycles. The molecular weight excluding hydrogens is 637 g/mol. The highest BCUT2D eigenvalue weighted by Gasteiger charge is 2.23. The van der Waals surface area contributed by atoms with E-state index in [-0.39, 0.29) is 0 Å². The molecule has 0 fully saturated rings. The summed E-state index contributed by atoms with van der Waals surface area (Å²) in [5.41, 5.74) is 11.3. The quantitative estimate of drug-likeness (QED) is 0.172. The van der Waals surface area contributed by atoms with Crippen LogP contribution in [0.15, 0.2) is 170 Å². The summed E-state index contributed by atoms with van der Waals surface area (Å²) in [6, 6.07) is 56.0. The van der Waals surface area contributed by atoms with Crippen molar-refractivity contribution < 1.29 is 0 Å². The Balaban J connectivity index is 1.30. The van der Waals surface area contributed by atoms with Crippen molar-refractivity contribution in [3.05, 3.63) is 181 Å². The van der Waals surface area contributed by atoms with Crippen molar-refractivity contribution in [3.8, 4) is 45.3 Å². The van der Waals surface area contributed by atoms with Crippen molar-refractivity contribution in [2.24, 2.45) is 0 Å². The summed E-state index contributed by atoms with van der Waals surface area (Å²) in [5.74, 6) is 0.594. The molecule has 6 nitrogen and oxygen atoms in total. The Hall–Kier alpha value is -7.36. The van der Waals surface area contributed by atoms with Crippen LogP contribution in [0.1, 0.15) is 0 Å². The van der Waals surface area contributed by atoms with Crippen LogP contribution in [0, 0.1) is 6.57 Å². The second-order valence-electron chi connectivity index (χ2n) is 12.8. The summed E-state index contributed by atoms with van der Waals surface area (Å²) in [7, 11) is 0. The first-order chi connectivity index (χ1) is 25.8. The number of benzene rings is 6. The molecule has 6 heteroatoms. The lowest BCUT2D eigenvalue weighted by Crippen LogP contribution is -2.01. The third-order valence-electron chi connectivity index (χ3n) is 9.81. The summed E-state index contributed by atoms with van der Waals surface area (Å²) < 4.78 is 4.67. The first-order valence-electron chi connectivity index (χ1n) is 17.2. The number of fused-ring (bicyclic) bond motifs is 7. The molecule has 4 heterocycles. The maximum absolute atomic E-state index is 7.44. The van der Waals surface area contributed by atoms with Gasteiger partial charge in [-0.1, -0.05) is 115 Å². The Morgan fingerprint density at radius 2 is 1.23 bits per heavy atom. The van der Waals surface area contributed by atoms with Gasteiger partial charge in [-0.25, -0.2) is 19.8 Å². The standard InChI is InChI=1S/C46H28N6/c1-47-32-24-22-31(23-25-32)45-49-38(30-13-4-2-5-14-30)29-39(50-45)36-17-8-10-20-40(36)52-44-34(35-19-12-28-48-46(35)52)26-27-42-43(44)37-18-9-11-21-41(37)51(42)33-15-6-3-7-16-33/h2-29H. The summed E-state index contributed by atoms with van der Waals surface area (Å²) >= 11 is 0. The van der Waals surface area contributed by atoms with E-state index in [9.17, 15) is 0 Å². The van der Waals surface area contributed by atoms with Crippen LogP contribution >= 0.6 is 0 Å². The van der Waals surface area contributed by atoms with Crippen LogP contribution in [-0.2, 0) is 0 Å². The Morgan fingerprint density at radius 3 is 2.06 bits per heavy atom. The maximum atomic E-state index is 7.44. The lowest BCUT2D eigenvalue weighted by atomic mass is 10.0. The minimum atomic E-state index is 0.576. The average Bonchev–Trinajstić information content (AvgIpc) is 3.74. The molecule has 6 aromatic carbocycles. The second kappa shape index (κ2) is 11.9. The molecule has 0 saturated carbocycles. The normalized spacial score (nSPS) is 11.4. The molecule has 4 aromatic heterocycles. The zero-order valence-electron chi connectivity index (χ0n) is 27.8. The van der Waals surface area contributed by atoms with Crippen LogP contribution in [0.3, 0.4) is 0 Å². The lowest BCUT2D eigenvalue weighted by molar-refractivity contribution is 1.13. The van der Waals surface area contributed by atoms with Gasteiger partial charge in [0.2, 0.25) is 0 Å². The number of hydrogen-bond acceptors (Lipinski definition) is 3. The van der Waals surface area contributed by atoms with Gasteiger partial charge in [0.05, 0.1) is 40.2 Å². The highest BCUT2D eigenvalue weighted by molar-refractivity contribution is 6.26. The SMILES string of the molecule is [C-]#[N+]c1ccc(-c2nc(-c3ccccc3)cc(-c3ccccc3-n3c4ncccc4c4ccc5c(c6ccccc6n5-c5ccccc5)c43)n2)cc1. The molecule has 10 rings (SSSR count). The van der Waals surface area contributed by atoms with E-state index in [4.69, 9.17) is 21.5 Å². The van der Waals surface area contributed by atoms with Crippen LogP contribution in [0.2, 0.25) is 0 Å². The van der Waals surface area contributed by atoms with Gasteiger partial charge in [-0.15, -0.1) is 0 Å². The van der Waals surface area contributed by atoms with Crippen molar-refractivity contribution in [1.82, 2.24) is 24.1 Å². The van der Waals surface area contributed by atoms with Gasteiger partial charge >= 0.3 is 0 Å². The lowest BCUT2D eigenvalue weighted by Gasteiger charge is -2.15. The topological polar surface area (TPSA) is 52.9 Å². The maximum Gasteiger partial charge on any atom is 0.187 e. The fourth-order valence-corrected chi connectivity index (χ4v) is 7.51. The number of pyridine rings is 1. The molecule has 0 amide bonds. The van der Waals surface area contributed by atoms with Gasteiger partial charge in [-0.3, -0.25) is 4.57 Å². The summed E-state index contributed by atoms with van der Waals surface area (Å²) in [5, 5.41) is 4.55. The Morgan fingerprint density at radius 1 is 0.519 bits per heavy atom. The predicted octanol–water partition coefficient (Wildman–Crippen LogP) is 11.6. The van der Waals surface area contributed by atoms with Gasteiger partial charge in [0.1, 0.15) is 5.65 Å². The second-order valence-corrected chi connectivity index (χ2v) is 12.8. The molecule has 0 bridgehead atoms. The highest BCUT2D eigenvalue weighted by atomic mass is 15.1. The molecule has 0 aliphatic rings. The van der Waals surface area contributed by atoms with Crippen molar-refractivity contribution in [2.75, 3.05) is 0 Å². The molecular formula is C46H28N6. The molecule has 52 heavy (non-hydrogen) atoms. The molecule has 0 atom stereocenters. The van der Waals surface area contributed by atoms with Crippen LogP contribution in [0.5, 0.6) is 0 Å². The molecule has 10 aromatic rings. The number of aromatic nitrogens is 5. The van der Waals surface area contributed by atoms with Crippen LogP contribution < -0.4 is 0 Å². The van der Waals surface area contributed by atoms with E-state index < -0.39 is 0 Å². The third-order valence-corrected chi connectivity index (χ3v) is 9.81. The summed E-state index contributed by atoms with van der Waals surface area (Å²) in [4.78, 5) is 18.9. The smallest absolute Gasteiger partial charge is 0.187 e. The first-order valence-corrected chi connectivity index (χ1v) is 17.2. The molecule has 0 saturated heterocycles. The van der Waals surface area contributed by atoms with Crippen molar-refractivity contribution in [2.45, 2.75) is 0 Å². The largest absolute Gasteiger partial charge is 0.309 e. The van der Waals surface area contributed by atoms with E-state index in [1.807, 2.05) is 54.7 Å². The molecule has 0 radical (unpaired) electrons. The van der Waals surface area contributed by atoms with Crippen LogP contribution in [0.25, 0.3) is 93.9 Å². The molecule has 0 N–H and O–H groups in total. The fourth-order valence-electron chi connectivity index (χ4n) is 7.51. The number of para-hydroxylation sites is 3. The number of nitrogens with zero attached hydrogens (tertiary/aromatic N) is 6. The highest BCUT2D eigenvalue weighted by Crippen LogP contribution is 2.43. The van der Waals surface area contributed by atoms with E-state index in [0.717, 1.165) is 77.8 Å². The third kappa shape index (κ3) is 4.61. The van der Waals surface area contributed by atoms with Gasteiger partial charge in [-0.05, 0) is 48.5 Å². The zero-order chi connectivity index (χ0) is 34.6. The Bertz CT molecular complexity index is 3010. The van der Waals surface area contributed by atoms with Gasteiger partial charge in [0, 0.05) is 50.1 Å². The zero-order valence-corrected chi connectivity index (χ0v) is 27.8. The van der Waals surface area contributed by atoms with E-state index in [1.54, 1.807) is 0 Å². The van der Waals surface area contributed by atoms with Crippen molar-refractivity contribution in [3.63, 3.8) is 0 Å². The number of rotatable bonds is 5. The van der Waals surface area contributed by atoms with Crippen LogP contribution in [-0.4, -0.2) is 24.1 Å². The first kappa shape index (κ1) is 29.5. The molecule has 0 spiro atoms. The Labute approximate surface area is 299 Å².